The minimum atomic E-state index is -0.0735. The third-order valence-corrected chi connectivity index (χ3v) is 10.8. The molecule has 0 atom stereocenters. The van der Waals surface area contributed by atoms with E-state index >= 15 is 0 Å². The highest BCUT2D eigenvalue weighted by Crippen LogP contribution is 2.54. The van der Waals surface area contributed by atoms with Gasteiger partial charge in [0.25, 0.3) is 0 Å². The molecule has 3 nitrogen and oxygen atoms in total. The summed E-state index contributed by atoms with van der Waals surface area (Å²) < 4.78 is 4.90. The van der Waals surface area contributed by atoms with Crippen molar-refractivity contribution < 1.29 is 0 Å². The van der Waals surface area contributed by atoms with Crippen molar-refractivity contribution in [1.29, 1.82) is 0 Å². The van der Waals surface area contributed by atoms with E-state index in [-0.39, 0.29) is 5.41 Å². The fraction of sp³-hybridized carbons (Fsp3) is 0.0732. The number of thiophene rings is 1. The molecule has 0 fully saturated rings. The maximum absolute atomic E-state index is 7.82. The predicted molar refractivity (Wildman–Crippen MR) is 189 cm³/mol. The highest BCUT2D eigenvalue weighted by Gasteiger charge is 2.37. The summed E-state index contributed by atoms with van der Waals surface area (Å²) in [5, 5.41) is 4.68. The van der Waals surface area contributed by atoms with Gasteiger partial charge in [0.05, 0.1) is 29.9 Å². The Hall–Kier alpha value is -5.68. The van der Waals surface area contributed by atoms with Gasteiger partial charge in [0.2, 0.25) is 0 Å². The number of rotatable bonds is 2. The van der Waals surface area contributed by atoms with E-state index in [1.165, 1.54) is 42.4 Å². The summed E-state index contributed by atoms with van der Waals surface area (Å²) in [6, 6.07) is 40.5. The van der Waals surface area contributed by atoms with E-state index in [0.29, 0.717) is 11.4 Å². The lowest BCUT2D eigenvalue weighted by molar-refractivity contribution is 0.667. The van der Waals surface area contributed by atoms with Crippen molar-refractivity contribution in [2.75, 3.05) is 0 Å². The molecule has 1 aliphatic carbocycles. The van der Waals surface area contributed by atoms with E-state index in [0.717, 1.165) is 38.6 Å². The maximum Gasteiger partial charge on any atom is 0.188 e. The van der Waals surface area contributed by atoms with Gasteiger partial charge in [0.15, 0.2) is 11.4 Å². The van der Waals surface area contributed by atoms with Crippen LogP contribution in [0.15, 0.2) is 115 Å². The fourth-order valence-electron chi connectivity index (χ4n) is 7.56. The number of para-hydroxylation sites is 1. The Morgan fingerprint density at radius 2 is 1.36 bits per heavy atom. The van der Waals surface area contributed by atoms with Gasteiger partial charge in [-0.1, -0.05) is 86.6 Å². The molecule has 45 heavy (non-hydrogen) atoms. The van der Waals surface area contributed by atoms with Crippen LogP contribution in [0.5, 0.6) is 0 Å². The summed E-state index contributed by atoms with van der Waals surface area (Å²) >= 11 is 1.88. The van der Waals surface area contributed by atoms with Crippen LogP contribution in [0.4, 0.5) is 11.4 Å². The lowest BCUT2D eigenvalue weighted by Crippen LogP contribution is -2.14. The lowest BCUT2D eigenvalue weighted by atomic mass is 9.82. The van der Waals surface area contributed by atoms with Crippen molar-refractivity contribution in [1.82, 2.24) is 4.57 Å². The lowest BCUT2D eigenvalue weighted by Gasteiger charge is -2.22. The monoisotopic (exact) mass is 591 g/mol. The molecule has 4 heteroatoms. The molecule has 0 spiro atoms. The number of hydrogen-bond acceptors (Lipinski definition) is 1. The second-order valence-electron chi connectivity index (χ2n) is 12.3. The van der Waals surface area contributed by atoms with Gasteiger partial charge in [-0.2, -0.15) is 0 Å². The van der Waals surface area contributed by atoms with Crippen molar-refractivity contribution >= 4 is 64.7 Å². The first-order chi connectivity index (χ1) is 22.0. The van der Waals surface area contributed by atoms with Gasteiger partial charge in [0, 0.05) is 31.0 Å². The van der Waals surface area contributed by atoms with Gasteiger partial charge in [-0.3, -0.25) is 0 Å². The number of hydrogen-bond donors (Lipinski definition) is 0. The molecular weight excluding hydrogens is 567 g/mol. The van der Waals surface area contributed by atoms with E-state index in [9.17, 15) is 0 Å². The van der Waals surface area contributed by atoms with Crippen molar-refractivity contribution in [2.24, 2.45) is 0 Å². The molecule has 1 aliphatic rings. The Morgan fingerprint density at radius 1 is 0.600 bits per heavy atom. The third kappa shape index (κ3) is 3.49. The van der Waals surface area contributed by atoms with Crippen LogP contribution >= 0.6 is 11.3 Å². The van der Waals surface area contributed by atoms with Gasteiger partial charge < -0.3 is 4.57 Å². The standard InChI is InChI=1S/C41H25N3S/c1-41(2)34-11-7-5-9-27(34)29-16-17-30-33-21-24(13-20-38(33)45-40(30)39(29)41)31-22-25(42-3)14-18-36(31)44-35-12-8-6-10-28(35)32-23-26(43-4)15-19-37(32)44/h5-23H,1-2H3. The fourth-order valence-corrected chi connectivity index (χ4v) is 8.95. The van der Waals surface area contributed by atoms with Gasteiger partial charge in [0.1, 0.15) is 0 Å². The highest BCUT2D eigenvalue weighted by atomic mass is 32.1. The van der Waals surface area contributed by atoms with Gasteiger partial charge >= 0.3 is 0 Å². The maximum atomic E-state index is 7.82. The van der Waals surface area contributed by atoms with Crippen LogP contribution < -0.4 is 0 Å². The molecule has 2 aromatic heterocycles. The molecule has 0 aliphatic heterocycles. The quantitative estimate of drug-likeness (QED) is 0.178. The number of aromatic nitrogens is 1. The van der Waals surface area contributed by atoms with Crippen LogP contribution in [0.2, 0.25) is 0 Å². The molecule has 0 N–H and O–H groups in total. The van der Waals surface area contributed by atoms with Crippen LogP contribution in [0.25, 0.3) is 79.6 Å². The Balaban J connectivity index is 1.31. The van der Waals surface area contributed by atoms with Gasteiger partial charge in [-0.25, -0.2) is 9.69 Å². The molecule has 2 heterocycles. The van der Waals surface area contributed by atoms with Crippen molar-refractivity contribution in [3.8, 4) is 27.9 Å². The number of benzene rings is 6. The Labute approximate surface area is 264 Å². The third-order valence-electron chi connectivity index (χ3n) is 9.60. The van der Waals surface area contributed by atoms with E-state index < -0.39 is 0 Å². The van der Waals surface area contributed by atoms with Crippen LogP contribution in [0.3, 0.4) is 0 Å². The normalized spacial score (nSPS) is 13.2. The largest absolute Gasteiger partial charge is 0.309 e. The Morgan fingerprint density at radius 3 is 2.22 bits per heavy atom. The van der Waals surface area contributed by atoms with E-state index in [1.54, 1.807) is 0 Å². The SMILES string of the molecule is [C-]#[N+]c1ccc(-n2c3ccccc3c3cc([N+]#[C-])ccc32)c(-c2ccc3sc4c5c(ccc4c3c2)-c2ccccc2C5(C)C)c1. The summed E-state index contributed by atoms with van der Waals surface area (Å²) in [5.41, 5.74) is 11.9. The minimum absolute atomic E-state index is 0.0735. The molecular formula is C41H25N3S. The van der Waals surface area contributed by atoms with Crippen LogP contribution in [-0.4, -0.2) is 4.57 Å². The number of nitrogens with zero attached hydrogens (tertiary/aromatic N) is 3. The molecule has 0 saturated carbocycles. The van der Waals surface area contributed by atoms with Crippen LogP contribution in [0.1, 0.15) is 25.0 Å². The number of fused-ring (bicyclic) bond motifs is 10. The molecule has 0 unspecified atom stereocenters. The van der Waals surface area contributed by atoms with E-state index in [2.05, 4.69) is 107 Å². The second-order valence-corrected chi connectivity index (χ2v) is 13.4. The highest BCUT2D eigenvalue weighted by molar-refractivity contribution is 7.26. The molecule has 210 valence electrons. The van der Waals surface area contributed by atoms with E-state index in [1.807, 2.05) is 47.7 Å². The first kappa shape index (κ1) is 25.8. The summed E-state index contributed by atoms with van der Waals surface area (Å²) in [4.78, 5) is 7.51. The first-order valence-electron chi connectivity index (χ1n) is 15.0. The summed E-state index contributed by atoms with van der Waals surface area (Å²) in [7, 11) is 0. The minimum Gasteiger partial charge on any atom is -0.309 e. The Bertz CT molecular complexity index is 2650. The first-order valence-corrected chi connectivity index (χ1v) is 15.8. The molecule has 8 aromatic rings. The van der Waals surface area contributed by atoms with Gasteiger partial charge in [-0.15, -0.1) is 11.3 Å². The summed E-state index contributed by atoms with van der Waals surface area (Å²) in [6.45, 7) is 20.1. The predicted octanol–water partition coefficient (Wildman–Crippen LogP) is 12.2. The smallest absolute Gasteiger partial charge is 0.188 e. The molecule has 0 amide bonds. The van der Waals surface area contributed by atoms with Crippen LogP contribution in [0, 0.1) is 13.1 Å². The molecule has 9 rings (SSSR count). The zero-order valence-electron chi connectivity index (χ0n) is 24.7. The zero-order valence-corrected chi connectivity index (χ0v) is 25.5. The Kier molecular flexibility index (Phi) is 5.25. The average Bonchev–Trinajstić information content (AvgIpc) is 3.69. The summed E-state index contributed by atoms with van der Waals surface area (Å²) in [6.07, 6.45) is 0. The summed E-state index contributed by atoms with van der Waals surface area (Å²) in [5.74, 6) is 0. The zero-order chi connectivity index (χ0) is 30.4. The van der Waals surface area contributed by atoms with Crippen molar-refractivity contribution in [3.63, 3.8) is 0 Å². The molecule has 0 bridgehead atoms. The van der Waals surface area contributed by atoms with Gasteiger partial charge in [-0.05, 0) is 81.2 Å². The second kappa shape index (κ2) is 9.16. The average molecular weight is 592 g/mol. The van der Waals surface area contributed by atoms with Crippen molar-refractivity contribution in [3.05, 3.63) is 149 Å². The van der Waals surface area contributed by atoms with Crippen LogP contribution in [-0.2, 0) is 5.41 Å². The molecule has 0 saturated heterocycles. The van der Waals surface area contributed by atoms with E-state index in [4.69, 9.17) is 13.1 Å². The molecule has 0 radical (unpaired) electrons. The molecule has 6 aromatic carbocycles. The van der Waals surface area contributed by atoms with Crippen molar-refractivity contribution in [2.45, 2.75) is 19.3 Å². The topological polar surface area (TPSA) is 13.6 Å².